The maximum atomic E-state index is 14.3. The fourth-order valence-electron chi connectivity index (χ4n) is 3.35. The van der Waals surface area contributed by atoms with Crippen molar-refractivity contribution >= 4 is 27.7 Å². The molecule has 11 heteroatoms. The fourth-order valence-corrected chi connectivity index (χ4v) is 4.84. The molecule has 0 fully saturated rings. The molecule has 0 amide bonds. The summed E-state index contributed by atoms with van der Waals surface area (Å²) < 4.78 is 50.7. The van der Waals surface area contributed by atoms with Crippen LogP contribution >= 0.6 is 0 Å². The van der Waals surface area contributed by atoms with Crippen molar-refractivity contribution in [2.24, 2.45) is 0 Å². The van der Waals surface area contributed by atoms with E-state index in [9.17, 15) is 27.2 Å². The number of benzene rings is 1. The number of hydrogen-bond donors (Lipinski definition) is 1. The van der Waals surface area contributed by atoms with Gasteiger partial charge in [-0.3, -0.25) is 4.79 Å². The van der Waals surface area contributed by atoms with Gasteiger partial charge in [0.05, 0.1) is 28.3 Å². The van der Waals surface area contributed by atoms with E-state index < -0.39 is 45.7 Å². The Balaban J connectivity index is 2.23. The minimum atomic E-state index is -3.93. The number of carbonyl (C=O) groups excluding carboxylic acids is 3. The van der Waals surface area contributed by atoms with Crippen LogP contribution in [0.4, 0.5) is 4.39 Å². The van der Waals surface area contributed by atoms with Gasteiger partial charge in [0.25, 0.3) is 0 Å². The van der Waals surface area contributed by atoms with Crippen LogP contribution in [0.25, 0.3) is 0 Å². The van der Waals surface area contributed by atoms with E-state index in [1.807, 2.05) is 0 Å². The number of sulfonamides is 1. The summed E-state index contributed by atoms with van der Waals surface area (Å²) in [5.74, 6) is -3.41. The van der Waals surface area contributed by atoms with Gasteiger partial charge in [-0.05, 0) is 44.5 Å². The Kier molecular flexibility index (Phi) is 8.51. The van der Waals surface area contributed by atoms with Crippen LogP contribution in [0.3, 0.4) is 0 Å². The lowest BCUT2D eigenvalue weighted by molar-refractivity contribution is 0.0467. The van der Waals surface area contributed by atoms with Gasteiger partial charge < -0.3 is 14.5 Å². The number of aryl methyl sites for hydroxylation is 1. The molecule has 0 saturated carbocycles. The summed E-state index contributed by atoms with van der Waals surface area (Å²) in [6.45, 7) is 7.94. The van der Waals surface area contributed by atoms with Gasteiger partial charge in [-0.15, -0.1) is 0 Å². The van der Waals surface area contributed by atoms with E-state index in [4.69, 9.17) is 9.47 Å². The van der Waals surface area contributed by atoms with Crippen molar-refractivity contribution in [3.8, 4) is 0 Å². The van der Waals surface area contributed by atoms with Crippen molar-refractivity contribution in [1.29, 1.82) is 0 Å². The van der Waals surface area contributed by atoms with E-state index >= 15 is 0 Å². The summed E-state index contributed by atoms with van der Waals surface area (Å²) in [6.07, 6.45) is 0. The molecule has 9 nitrogen and oxygen atoms in total. The summed E-state index contributed by atoms with van der Waals surface area (Å²) in [5.41, 5.74) is 0.419. The van der Waals surface area contributed by atoms with Crippen molar-refractivity contribution in [1.82, 2.24) is 9.29 Å². The van der Waals surface area contributed by atoms with Crippen LogP contribution in [0.1, 0.15) is 63.2 Å². The first-order valence-corrected chi connectivity index (χ1v) is 11.8. The molecule has 1 aromatic carbocycles. The van der Waals surface area contributed by atoms with Gasteiger partial charge in [0.15, 0.2) is 6.61 Å². The van der Waals surface area contributed by atoms with Crippen molar-refractivity contribution < 1.29 is 36.7 Å². The molecule has 0 radical (unpaired) electrons. The standard InChI is InChI=1S/C22H27FN2O7S/c1-6-25(7-2)33(29,30)15-9-10-17(23)16(11-15)21(27)32-12-18(26)20-13(4)19(14(5)24-20)22(28)31-8-3/h9-11,24H,6-8,12H2,1-5H3. The van der Waals surface area contributed by atoms with E-state index in [2.05, 4.69) is 4.98 Å². The second-order valence-electron chi connectivity index (χ2n) is 7.08. The number of nitrogens with zero attached hydrogens (tertiary/aromatic N) is 1. The smallest absolute Gasteiger partial charge is 0.341 e. The highest BCUT2D eigenvalue weighted by Gasteiger charge is 2.26. The van der Waals surface area contributed by atoms with Gasteiger partial charge >= 0.3 is 11.9 Å². The van der Waals surface area contributed by atoms with Crippen LogP contribution in [0.5, 0.6) is 0 Å². The zero-order chi connectivity index (χ0) is 24.9. The molecular formula is C22H27FN2O7S. The number of esters is 2. The molecule has 0 spiro atoms. The number of halogens is 1. The summed E-state index contributed by atoms with van der Waals surface area (Å²) >= 11 is 0. The third-order valence-electron chi connectivity index (χ3n) is 5.03. The number of hydrogen-bond acceptors (Lipinski definition) is 7. The first-order valence-electron chi connectivity index (χ1n) is 10.4. The Hall–Kier alpha value is -3.05. The average Bonchev–Trinajstić information content (AvgIpc) is 3.06. The molecule has 1 aromatic heterocycles. The minimum Gasteiger partial charge on any atom is -0.462 e. The van der Waals surface area contributed by atoms with Crippen molar-refractivity contribution in [3.63, 3.8) is 0 Å². The van der Waals surface area contributed by atoms with Crippen molar-refractivity contribution in [3.05, 3.63) is 52.1 Å². The van der Waals surface area contributed by atoms with Crippen molar-refractivity contribution in [2.45, 2.75) is 39.5 Å². The predicted octanol–water partition coefficient (Wildman–Crippen LogP) is 3.02. The summed E-state index contributed by atoms with van der Waals surface area (Å²) in [6, 6.07) is 2.81. The van der Waals surface area contributed by atoms with E-state index in [1.54, 1.807) is 34.6 Å². The number of carbonyl (C=O) groups is 3. The van der Waals surface area contributed by atoms with Gasteiger partial charge in [-0.2, -0.15) is 4.31 Å². The third-order valence-corrected chi connectivity index (χ3v) is 7.08. The van der Waals surface area contributed by atoms with Gasteiger partial charge in [0.2, 0.25) is 15.8 Å². The van der Waals surface area contributed by atoms with Gasteiger partial charge in [0, 0.05) is 18.8 Å². The molecule has 0 bridgehead atoms. The molecule has 2 rings (SSSR count). The van der Waals surface area contributed by atoms with Gasteiger partial charge in [-0.1, -0.05) is 13.8 Å². The number of nitrogens with one attached hydrogen (secondary N) is 1. The fraction of sp³-hybridized carbons (Fsp3) is 0.409. The first kappa shape index (κ1) is 26.2. The van der Waals surface area contributed by atoms with E-state index in [0.717, 1.165) is 22.5 Å². The monoisotopic (exact) mass is 482 g/mol. The van der Waals surface area contributed by atoms with Gasteiger partial charge in [-0.25, -0.2) is 22.4 Å². The maximum absolute atomic E-state index is 14.3. The number of rotatable bonds is 10. The molecule has 33 heavy (non-hydrogen) atoms. The van der Waals surface area contributed by atoms with Crippen LogP contribution < -0.4 is 0 Å². The summed E-state index contributed by atoms with van der Waals surface area (Å²) in [7, 11) is -3.93. The summed E-state index contributed by atoms with van der Waals surface area (Å²) in [5, 5.41) is 0. The number of Topliss-reactive ketones (excluding diaryl/α,β-unsaturated/α-hetero) is 1. The molecule has 0 aliphatic heterocycles. The second-order valence-corrected chi connectivity index (χ2v) is 9.01. The molecule has 0 saturated heterocycles. The minimum absolute atomic E-state index is 0.0571. The van der Waals surface area contributed by atoms with Crippen LogP contribution in [-0.4, -0.2) is 61.7 Å². The topological polar surface area (TPSA) is 123 Å². The Labute approximate surface area is 191 Å². The lowest BCUT2D eigenvalue weighted by Crippen LogP contribution is -2.30. The predicted molar refractivity (Wildman–Crippen MR) is 117 cm³/mol. The molecule has 0 aliphatic carbocycles. The zero-order valence-corrected chi connectivity index (χ0v) is 20.0. The maximum Gasteiger partial charge on any atom is 0.341 e. The Morgan fingerprint density at radius 1 is 1.03 bits per heavy atom. The van der Waals surface area contributed by atoms with Crippen molar-refractivity contribution in [2.75, 3.05) is 26.3 Å². The molecule has 2 aromatic rings. The van der Waals surface area contributed by atoms with Crippen LogP contribution in [0.15, 0.2) is 23.1 Å². The van der Waals surface area contributed by atoms with E-state index in [1.165, 1.54) is 0 Å². The van der Waals surface area contributed by atoms with Gasteiger partial charge in [0.1, 0.15) is 5.82 Å². The Morgan fingerprint density at radius 2 is 1.67 bits per heavy atom. The molecule has 0 atom stereocenters. The Bertz CT molecular complexity index is 1170. The molecule has 0 aliphatic rings. The molecular weight excluding hydrogens is 455 g/mol. The highest BCUT2D eigenvalue weighted by Crippen LogP contribution is 2.22. The van der Waals surface area contributed by atoms with Crippen LogP contribution in [0.2, 0.25) is 0 Å². The lowest BCUT2D eigenvalue weighted by atomic mass is 10.1. The van der Waals surface area contributed by atoms with Crippen LogP contribution in [0, 0.1) is 19.7 Å². The molecule has 1 heterocycles. The normalized spacial score (nSPS) is 11.5. The highest BCUT2D eigenvalue weighted by molar-refractivity contribution is 7.89. The quantitative estimate of drug-likeness (QED) is 0.408. The lowest BCUT2D eigenvalue weighted by Gasteiger charge is -2.18. The third kappa shape index (κ3) is 5.48. The largest absolute Gasteiger partial charge is 0.462 e. The number of H-pyrrole nitrogens is 1. The van der Waals surface area contributed by atoms with E-state index in [-0.39, 0.29) is 35.8 Å². The first-order chi connectivity index (χ1) is 15.5. The highest BCUT2D eigenvalue weighted by atomic mass is 32.2. The molecule has 0 unspecified atom stereocenters. The Morgan fingerprint density at radius 3 is 2.24 bits per heavy atom. The number of ketones is 1. The van der Waals surface area contributed by atoms with E-state index in [0.29, 0.717) is 11.3 Å². The molecule has 180 valence electrons. The second kappa shape index (κ2) is 10.7. The molecule has 1 N–H and O–H groups in total. The summed E-state index contributed by atoms with van der Waals surface area (Å²) in [4.78, 5) is 39.6. The number of aromatic amines is 1. The zero-order valence-electron chi connectivity index (χ0n) is 19.2. The number of ether oxygens (including phenoxy) is 2. The average molecular weight is 483 g/mol. The van der Waals surface area contributed by atoms with Crippen LogP contribution in [-0.2, 0) is 19.5 Å². The number of aromatic nitrogens is 1. The SMILES string of the molecule is CCOC(=O)c1c(C)[nH]c(C(=O)COC(=O)c2cc(S(=O)(=O)N(CC)CC)ccc2F)c1C.